The maximum absolute atomic E-state index is 12.4. The number of benzene rings is 1. The third-order valence-corrected chi connectivity index (χ3v) is 5.94. The normalized spacial score (nSPS) is 18.5. The summed E-state index contributed by atoms with van der Waals surface area (Å²) in [5.41, 5.74) is 3.13. The smallest absolute Gasteiger partial charge is 0.220 e. The van der Waals surface area contributed by atoms with Crippen molar-refractivity contribution in [3.05, 3.63) is 60.8 Å². The first kappa shape index (κ1) is 21.0. The van der Waals surface area contributed by atoms with Crippen molar-refractivity contribution in [2.24, 2.45) is 0 Å². The lowest BCUT2D eigenvalue weighted by Gasteiger charge is -2.29. The van der Waals surface area contributed by atoms with Gasteiger partial charge < -0.3 is 10.1 Å². The Kier molecular flexibility index (Phi) is 6.92. The van der Waals surface area contributed by atoms with Gasteiger partial charge in [-0.25, -0.2) is 9.97 Å². The molecule has 0 bridgehead atoms. The number of nitrogens with one attached hydrogen (secondary N) is 1. The summed E-state index contributed by atoms with van der Waals surface area (Å²) in [6.07, 6.45) is 13.5. The molecule has 0 saturated heterocycles. The highest BCUT2D eigenvalue weighted by atomic mass is 16.5. The Morgan fingerprint density at radius 1 is 1.16 bits per heavy atom. The van der Waals surface area contributed by atoms with Crippen molar-refractivity contribution < 1.29 is 9.53 Å². The number of methoxy groups -OCH3 is 1. The molecule has 1 aromatic carbocycles. The molecule has 4 rings (SSSR count). The van der Waals surface area contributed by atoms with Crippen molar-refractivity contribution in [1.29, 1.82) is 0 Å². The fraction of sp³-hybridized carbons (Fsp3) is 0.417. The zero-order valence-corrected chi connectivity index (χ0v) is 17.9. The average Bonchev–Trinajstić information content (AvgIpc) is 3.31. The van der Waals surface area contributed by atoms with Crippen molar-refractivity contribution >= 4 is 5.91 Å². The maximum atomic E-state index is 12.4. The zero-order chi connectivity index (χ0) is 21.5. The van der Waals surface area contributed by atoms with Crippen molar-refractivity contribution in [2.45, 2.75) is 57.0 Å². The molecule has 1 saturated carbocycles. The minimum atomic E-state index is 0.155. The Morgan fingerprint density at radius 3 is 2.68 bits per heavy atom. The highest BCUT2D eigenvalue weighted by Crippen LogP contribution is 2.29. The summed E-state index contributed by atoms with van der Waals surface area (Å²) in [5.74, 6) is 1.01. The number of ether oxygens (including phenoxy) is 1. The van der Waals surface area contributed by atoms with E-state index in [1.807, 2.05) is 29.1 Å². The van der Waals surface area contributed by atoms with Gasteiger partial charge in [-0.1, -0.05) is 12.1 Å². The molecule has 2 aromatic heterocycles. The van der Waals surface area contributed by atoms with Gasteiger partial charge in [0, 0.05) is 30.4 Å². The van der Waals surface area contributed by atoms with E-state index >= 15 is 0 Å². The number of hydrogen-bond donors (Lipinski definition) is 1. The van der Waals surface area contributed by atoms with E-state index in [0.29, 0.717) is 12.5 Å². The second-order valence-electron chi connectivity index (χ2n) is 8.08. The lowest BCUT2D eigenvalue weighted by atomic mass is 9.91. The molecule has 0 spiro atoms. The van der Waals surface area contributed by atoms with Crippen LogP contribution in [0.2, 0.25) is 0 Å². The van der Waals surface area contributed by atoms with Crippen LogP contribution in [0.1, 0.15) is 50.1 Å². The number of amides is 1. The van der Waals surface area contributed by atoms with Gasteiger partial charge in [-0.2, -0.15) is 5.10 Å². The number of rotatable bonds is 8. The van der Waals surface area contributed by atoms with Crippen LogP contribution < -0.4 is 10.1 Å². The molecule has 7 nitrogen and oxygen atoms in total. The molecule has 31 heavy (non-hydrogen) atoms. The second kappa shape index (κ2) is 10.2. The highest BCUT2D eigenvalue weighted by Gasteiger charge is 2.24. The van der Waals surface area contributed by atoms with E-state index < -0.39 is 0 Å². The molecule has 1 amide bonds. The Balaban J connectivity index is 1.18. The van der Waals surface area contributed by atoms with Gasteiger partial charge in [-0.3, -0.25) is 9.48 Å². The minimum Gasteiger partial charge on any atom is -0.497 e. The average molecular weight is 420 g/mol. The predicted molar refractivity (Wildman–Crippen MR) is 119 cm³/mol. The lowest BCUT2D eigenvalue weighted by molar-refractivity contribution is -0.122. The molecule has 1 N–H and O–H groups in total. The molecule has 0 radical (unpaired) electrons. The first-order valence-corrected chi connectivity index (χ1v) is 10.9. The topological polar surface area (TPSA) is 81.9 Å². The largest absolute Gasteiger partial charge is 0.497 e. The zero-order valence-electron chi connectivity index (χ0n) is 17.9. The van der Waals surface area contributed by atoms with Crippen LogP contribution in [0.3, 0.4) is 0 Å². The van der Waals surface area contributed by atoms with E-state index in [1.165, 1.54) is 5.56 Å². The van der Waals surface area contributed by atoms with E-state index in [0.717, 1.165) is 55.5 Å². The van der Waals surface area contributed by atoms with Gasteiger partial charge in [0.15, 0.2) is 0 Å². The number of aromatic nitrogens is 4. The number of hydrogen-bond acceptors (Lipinski definition) is 5. The Labute approximate surface area is 182 Å². The van der Waals surface area contributed by atoms with Crippen LogP contribution in [0, 0.1) is 0 Å². The van der Waals surface area contributed by atoms with Crippen LogP contribution in [0.4, 0.5) is 0 Å². The van der Waals surface area contributed by atoms with Crippen LogP contribution in [0.5, 0.6) is 5.75 Å². The summed E-state index contributed by atoms with van der Waals surface area (Å²) in [7, 11) is 1.67. The van der Waals surface area contributed by atoms with E-state index in [4.69, 9.17) is 4.74 Å². The van der Waals surface area contributed by atoms with Crippen molar-refractivity contribution in [3.8, 4) is 17.0 Å². The summed E-state index contributed by atoms with van der Waals surface area (Å²) in [6.45, 7) is 0. The SMILES string of the molecule is COc1ccc(CCCC(=O)NC2CCC(n3cc(-c4ccncn4)cn3)CC2)cc1. The first-order chi connectivity index (χ1) is 15.2. The predicted octanol–water partition coefficient (Wildman–Crippen LogP) is 3.97. The van der Waals surface area contributed by atoms with Crippen molar-refractivity contribution in [1.82, 2.24) is 25.1 Å². The van der Waals surface area contributed by atoms with Crippen LogP contribution in [-0.4, -0.2) is 38.8 Å². The van der Waals surface area contributed by atoms with Gasteiger partial charge in [-0.05, 0) is 62.3 Å². The number of aryl methyl sites for hydroxylation is 1. The van der Waals surface area contributed by atoms with Crippen LogP contribution >= 0.6 is 0 Å². The molecule has 2 heterocycles. The quantitative estimate of drug-likeness (QED) is 0.597. The van der Waals surface area contributed by atoms with Gasteiger partial charge >= 0.3 is 0 Å². The third-order valence-electron chi connectivity index (χ3n) is 5.94. The highest BCUT2D eigenvalue weighted by molar-refractivity contribution is 5.76. The standard InChI is InChI=1S/C24H29N5O2/c1-31-22-11-5-18(6-12-22)3-2-4-24(30)28-20-7-9-21(10-8-20)29-16-19(15-27-29)23-13-14-25-17-26-23/h5-6,11-17,20-21H,2-4,7-10H2,1H3,(H,28,30). The van der Waals surface area contributed by atoms with Crippen LogP contribution in [0.25, 0.3) is 11.3 Å². The minimum absolute atomic E-state index is 0.155. The van der Waals surface area contributed by atoms with E-state index in [1.54, 1.807) is 19.6 Å². The fourth-order valence-corrected chi connectivity index (χ4v) is 4.16. The Morgan fingerprint density at radius 2 is 1.97 bits per heavy atom. The van der Waals surface area contributed by atoms with Gasteiger partial charge in [0.2, 0.25) is 5.91 Å². The summed E-state index contributed by atoms with van der Waals surface area (Å²) in [5, 5.41) is 7.76. The maximum Gasteiger partial charge on any atom is 0.220 e. The Hall–Kier alpha value is -3.22. The molecule has 1 aliphatic carbocycles. The van der Waals surface area contributed by atoms with E-state index in [-0.39, 0.29) is 11.9 Å². The Bertz CT molecular complexity index is 963. The van der Waals surface area contributed by atoms with Crippen molar-refractivity contribution in [2.75, 3.05) is 7.11 Å². The molecule has 1 aliphatic rings. The summed E-state index contributed by atoms with van der Waals surface area (Å²) in [6, 6.07) is 10.6. The van der Waals surface area contributed by atoms with Gasteiger partial charge in [0.1, 0.15) is 12.1 Å². The second-order valence-corrected chi connectivity index (χ2v) is 8.08. The van der Waals surface area contributed by atoms with Crippen LogP contribution in [-0.2, 0) is 11.2 Å². The molecule has 7 heteroatoms. The molecule has 1 fully saturated rings. The molecule has 3 aromatic rings. The lowest BCUT2D eigenvalue weighted by Crippen LogP contribution is -2.38. The van der Waals surface area contributed by atoms with Crippen LogP contribution in [0.15, 0.2) is 55.2 Å². The monoisotopic (exact) mass is 419 g/mol. The molecular formula is C24H29N5O2. The van der Waals surface area contributed by atoms with Gasteiger partial charge in [0.05, 0.1) is 25.0 Å². The summed E-state index contributed by atoms with van der Waals surface area (Å²) in [4.78, 5) is 20.6. The molecule has 0 aliphatic heterocycles. The van der Waals surface area contributed by atoms with Crippen molar-refractivity contribution in [3.63, 3.8) is 0 Å². The molecule has 162 valence electrons. The number of nitrogens with zero attached hydrogens (tertiary/aromatic N) is 4. The number of carbonyl (C=O) groups excluding carboxylic acids is 1. The molecule has 0 unspecified atom stereocenters. The summed E-state index contributed by atoms with van der Waals surface area (Å²) >= 11 is 0. The molecule has 0 atom stereocenters. The fourth-order valence-electron chi connectivity index (χ4n) is 4.16. The van der Waals surface area contributed by atoms with E-state index in [9.17, 15) is 4.79 Å². The first-order valence-electron chi connectivity index (χ1n) is 10.9. The summed E-state index contributed by atoms with van der Waals surface area (Å²) < 4.78 is 7.22. The van der Waals surface area contributed by atoms with E-state index in [2.05, 4.69) is 38.7 Å². The van der Waals surface area contributed by atoms with Gasteiger partial charge in [0.25, 0.3) is 0 Å². The third kappa shape index (κ3) is 5.69. The van der Waals surface area contributed by atoms with Gasteiger partial charge in [-0.15, -0.1) is 0 Å². The number of carbonyl (C=O) groups is 1. The molecular weight excluding hydrogens is 390 g/mol.